The van der Waals surface area contributed by atoms with Gasteiger partial charge in [-0.1, -0.05) is 25.7 Å². The van der Waals surface area contributed by atoms with E-state index < -0.39 is 0 Å². The summed E-state index contributed by atoms with van der Waals surface area (Å²) in [5, 5.41) is 0. The summed E-state index contributed by atoms with van der Waals surface area (Å²) in [6.45, 7) is 0.556. The van der Waals surface area contributed by atoms with Crippen molar-refractivity contribution in [2.24, 2.45) is 0 Å². The second-order valence-electron chi connectivity index (χ2n) is 3.30. The van der Waals surface area contributed by atoms with E-state index in [0.29, 0.717) is 13.0 Å². The van der Waals surface area contributed by atoms with E-state index in [1.54, 1.807) is 0 Å². The number of amides is 1. The molecule has 13 heavy (non-hydrogen) atoms. The Morgan fingerprint density at radius 2 is 1.69 bits per heavy atom. The van der Waals surface area contributed by atoms with Crippen molar-refractivity contribution in [2.45, 2.75) is 44.9 Å². The molecule has 76 valence electrons. The molecule has 1 aliphatic heterocycles. The first kappa shape index (κ1) is 10.5. The highest BCUT2D eigenvalue weighted by Crippen LogP contribution is 2.07. The Labute approximate surface area is 78.5 Å². The summed E-state index contributed by atoms with van der Waals surface area (Å²) < 4.78 is 0. The molecule has 1 saturated heterocycles. The number of hydrogen-bond acceptors (Lipinski definition) is 3. The number of rotatable bonds is 0. The Kier molecular flexibility index (Phi) is 5.52. The minimum atomic E-state index is -0.0967. The molecule has 1 heterocycles. The van der Waals surface area contributed by atoms with Crippen LogP contribution in [0.4, 0.5) is 0 Å². The van der Waals surface area contributed by atoms with Crippen LogP contribution in [-0.2, 0) is 14.7 Å². The van der Waals surface area contributed by atoms with Gasteiger partial charge in [0.25, 0.3) is 0 Å². The third kappa shape index (κ3) is 5.60. The molecule has 0 unspecified atom stereocenters. The van der Waals surface area contributed by atoms with Crippen LogP contribution in [0.3, 0.4) is 0 Å². The quantitative estimate of drug-likeness (QED) is 0.587. The summed E-state index contributed by atoms with van der Waals surface area (Å²) in [4.78, 5) is 20.2. The van der Waals surface area contributed by atoms with E-state index >= 15 is 0 Å². The average molecular weight is 187 g/mol. The minimum absolute atomic E-state index is 0.0967. The van der Waals surface area contributed by atoms with Crippen molar-refractivity contribution in [3.8, 4) is 0 Å². The molecule has 4 nitrogen and oxygen atoms in total. The maximum absolute atomic E-state index is 11.0. The molecule has 1 fully saturated rings. The molecule has 0 aliphatic carbocycles. The Morgan fingerprint density at radius 3 is 2.54 bits per heavy atom. The summed E-state index contributed by atoms with van der Waals surface area (Å²) in [5.74, 6) is -0.0967. The van der Waals surface area contributed by atoms with Crippen molar-refractivity contribution in [2.75, 3.05) is 6.61 Å². The van der Waals surface area contributed by atoms with Crippen LogP contribution in [0.2, 0.25) is 0 Å². The van der Waals surface area contributed by atoms with Crippen LogP contribution in [0.1, 0.15) is 44.9 Å². The number of hydrogen-bond donors (Lipinski definition) is 1. The van der Waals surface area contributed by atoms with Crippen LogP contribution in [0.15, 0.2) is 0 Å². The van der Waals surface area contributed by atoms with Gasteiger partial charge in [0.2, 0.25) is 5.91 Å². The van der Waals surface area contributed by atoms with E-state index in [2.05, 4.69) is 10.5 Å². The molecule has 1 rings (SSSR count). The van der Waals surface area contributed by atoms with Crippen molar-refractivity contribution >= 4 is 5.91 Å². The lowest BCUT2D eigenvalue weighted by atomic mass is 10.1. The van der Waals surface area contributed by atoms with Crippen molar-refractivity contribution in [1.29, 1.82) is 0 Å². The third-order valence-electron chi connectivity index (χ3n) is 2.10. The first-order chi connectivity index (χ1) is 6.39. The fourth-order valence-corrected chi connectivity index (χ4v) is 1.32. The Balaban J connectivity index is 2.14. The first-order valence-corrected chi connectivity index (χ1v) is 4.97. The van der Waals surface area contributed by atoms with Crippen LogP contribution in [0, 0.1) is 0 Å². The van der Waals surface area contributed by atoms with Crippen LogP contribution >= 0.6 is 0 Å². The molecular weight excluding hydrogens is 170 g/mol. The lowest BCUT2D eigenvalue weighted by Crippen LogP contribution is -2.23. The van der Waals surface area contributed by atoms with E-state index in [9.17, 15) is 4.79 Å². The van der Waals surface area contributed by atoms with E-state index in [-0.39, 0.29) is 5.91 Å². The van der Waals surface area contributed by atoms with E-state index in [1.165, 1.54) is 19.3 Å². The Morgan fingerprint density at radius 1 is 1.00 bits per heavy atom. The summed E-state index contributed by atoms with van der Waals surface area (Å²) in [6, 6.07) is 0. The second kappa shape index (κ2) is 6.86. The summed E-state index contributed by atoms with van der Waals surface area (Å²) in [6.07, 6.45) is 7.22. The fourth-order valence-electron chi connectivity index (χ4n) is 1.32. The van der Waals surface area contributed by atoms with Crippen LogP contribution in [-0.4, -0.2) is 12.5 Å². The average Bonchev–Trinajstić information content (AvgIpc) is 2.11. The SMILES string of the molecule is O=C1CCCCCCCCOON1. The van der Waals surface area contributed by atoms with Gasteiger partial charge in [-0.25, -0.2) is 10.4 Å². The molecule has 1 N–H and O–H groups in total. The molecule has 0 radical (unpaired) electrons. The van der Waals surface area contributed by atoms with Crippen LogP contribution in [0.25, 0.3) is 0 Å². The lowest BCUT2D eigenvalue weighted by molar-refractivity contribution is -0.329. The summed E-state index contributed by atoms with van der Waals surface area (Å²) >= 11 is 0. The number of carbonyl (C=O) groups is 1. The molecular formula is C9H17NO3. The van der Waals surface area contributed by atoms with E-state index in [1.807, 2.05) is 0 Å². The van der Waals surface area contributed by atoms with Gasteiger partial charge in [-0.05, 0) is 12.8 Å². The van der Waals surface area contributed by atoms with Gasteiger partial charge in [-0.15, -0.1) is 4.99 Å². The predicted octanol–water partition coefficient (Wildman–Crippen LogP) is 1.71. The number of nitrogens with one attached hydrogen (secondary N) is 1. The van der Waals surface area contributed by atoms with Gasteiger partial charge in [0, 0.05) is 6.42 Å². The zero-order valence-corrected chi connectivity index (χ0v) is 7.88. The van der Waals surface area contributed by atoms with Crippen LogP contribution in [0.5, 0.6) is 0 Å². The van der Waals surface area contributed by atoms with Gasteiger partial charge < -0.3 is 0 Å². The van der Waals surface area contributed by atoms with Gasteiger partial charge in [-0.3, -0.25) is 4.79 Å². The molecule has 0 saturated carbocycles. The highest BCUT2D eigenvalue weighted by molar-refractivity contribution is 5.74. The Bertz CT molecular complexity index is 136. The van der Waals surface area contributed by atoms with Gasteiger partial charge in [0.05, 0.1) is 6.61 Å². The van der Waals surface area contributed by atoms with Gasteiger partial charge >= 0.3 is 0 Å². The Hall–Kier alpha value is -0.610. The van der Waals surface area contributed by atoms with Gasteiger partial charge in [-0.2, -0.15) is 0 Å². The smallest absolute Gasteiger partial charge is 0.245 e. The highest BCUT2D eigenvalue weighted by Gasteiger charge is 2.02. The molecule has 0 aromatic rings. The molecule has 0 aromatic carbocycles. The van der Waals surface area contributed by atoms with Crippen molar-refractivity contribution < 1.29 is 14.7 Å². The molecule has 0 bridgehead atoms. The normalized spacial score (nSPS) is 22.6. The zero-order chi connectivity index (χ0) is 9.36. The first-order valence-electron chi connectivity index (χ1n) is 4.97. The molecule has 0 atom stereocenters. The number of hydroxylamine groups is 1. The molecule has 1 amide bonds. The van der Waals surface area contributed by atoms with Crippen LogP contribution < -0.4 is 5.48 Å². The van der Waals surface area contributed by atoms with E-state index in [0.717, 1.165) is 19.3 Å². The standard InChI is InChI=1S/C9H17NO3/c11-9-7-5-3-1-2-4-6-8-12-13-10-9/h1-8H2,(H,10,11). The fraction of sp³-hybridized carbons (Fsp3) is 0.889. The van der Waals surface area contributed by atoms with Gasteiger partial charge in [0.15, 0.2) is 0 Å². The van der Waals surface area contributed by atoms with Gasteiger partial charge in [0.1, 0.15) is 0 Å². The monoisotopic (exact) mass is 187 g/mol. The lowest BCUT2D eigenvalue weighted by Gasteiger charge is -2.07. The topological polar surface area (TPSA) is 47.6 Å². The number of carbonyl (C=O) groups excluding carboxylic acids is 1. The summed E-state index contributed by atoms with van der Waals surface area (Å²) in [5.41, 5.74) is 2.24. The predicted molar refractivity (Wildman–Crippen MR) is 47.5 cm³/mol. The summed E-state index contributed by atoms with van der Waals surface area (Å²) in [7, 11) is 0. The molecule has 4 heteroatoms. The molecule has 1 aliphatic rings. The maximum Gasteiger partial charge on any atom is 0.245 e. The maximum atomic E-state index is 11.0. The minimum Gasteiger partial charge on any atom is -0.273 e. The largest absolute Gasteiger partial charge is 0.273 e. The third-order valence-corrected chi connectivity index (χ3v) is 2.10. The van der Waals surface area contributed by atoms with Crippen molar-refractivity contribution in [3.63, 3.8) is 0 Å². The molecule has 0 spiro atoms. The second-order valence-corrected chi connectivity index (χ2v) is 3.30. The zero-order valence-electron chi connectivity index (χ0n) is 7.88. The van der Waals surface area contributed by atoms with Crippen molar-refractivity contribution in [1.82, 2.24) is 5.48 Å². The highest BCUT2D eigenvalue weighted by atomic mass is 17.3. The van der Waals surface area contributed by atoms with E-state index in [4.69, 9.17) is 4.89 Å². The molecule has 0 aromatic heterocycles. The van der Waals surface area contributed by atoms with Crippen molar-refractivity contribution in [3.05, 3.63) is 0 Å².